The van der Waals surface area contributed by atoms with Gasteiger partial charge in [0.25, 0.3) is 0 Å². The Kier molecular flexibility index (Phi) is 17.5. The number of esters is 2. The smallest absolute Gasteiger partial charge is 0.330 e. The summed E-state index contributed by atoms with van der Waals surface area (Å²) in [6, 6.07) is 4.20. The second-order valence-corrected chi connectivity index (χ2v) is 9.54. The van der Waals surface area contributed by atoms with Crippen LogP contribution in [0.1, 0.15) is 77.7 Å². The Hall–Kier alpha value is -3.62. The number of nitrogens with two attached hydrogens (primary N) is 1. The molecule has 220 valence electrons. The van der Waals surface area contributed by atoms with Gasteiger partial charge in [0.05, 0.1) is 0 Å². The van der Waals surface area contributed by atoms with Gasteiger partial charge in [-0.25, -0.2) is 10.2 Å². The monoisotopic (exact) mass is 554 g/mol. The van der Waals surface area contributed by atoms with Gasteiger partial charge in [0.2, 0.25) is 6.29 Å². The molecule has 0 radical (unpaired) electrons. The Morgan fingerprint density at radius 3 is 1.98 bits per heavy atom. The van der Waals surface area contributed by atoms with Crippen molar-refractivity contribution in [1.82, 2.24) is 5.43 Å². The summed E-state index contributed by atoms with van der Waals surface area (Å²) in [5.74, 6) is 3.83. The molecule has 40 heavy (non-hydrogen) atoms. The predicted octanol–water partition coefficient (Wildman–Crippen LogP) is 6.22. The number of carbonyl (C=O) groups excluding carboxylic acids is 2. The Morgan fingerprint density at radius 2 is 1.45 bits per heavy atom. The fourth-order valence-corrected chi connectivity index (χ4v) is 3.55. The van der Waals surface area contributed by atoms with E-state index in [4.69, 9.17) is 15.3 Å². The van der Waals surface area contributed by atoms with E-state index in [0.29, 0.717) is 12.0 Å². The van der Waals surface area contributed by atoms with E-state index in [-0.39, 0.29) is 24.3 Å². The number of phenols is 2. The molecule has 0 aliphatic rings. The minimum absolute atomic E-state index is 0.0735. The summed E-state index contributed by atoms with van der Waals surface area (Å²) < 4.78 is 10.5. The number of hydrogen-bond donors (Lipinski definition) is 4. The fraction of sp³-hybridized carbons (Fsp3) is 0.438. The fourth-order valence-electron chi connectivity index (χ4n) is 3.55. The van der Waals surface area contributed by atoms with Crippen LogP contribution in [0, 0.1) is 0 Å². The zero-order valence-electron chi connectivity index (χ0n) is 24.1. The van der Waals surface area contributed by atoms with E-state index in [2.05, 4.69) is 67.0 Å². The lowest BCUT2D eigenvalue weighted by Crippen LogP contribution is -2.56. The van der Waals surface area contributed by atoms with Crippen molar-refractivity contribution >= 4 is 11.9 Å². The maximum absolute atomic E-state index is 12.7. The molecule has 8 nitrogen and oxygen atoms in total. The van der Waals surface area contributed by atoms with Crippen molar-refractivity contribution in [3.8, 4) is 11.5 Å². The molecule has 0 aliphatic carbocycles. The summed E-state index contributed by atoms with van der Waals surface area (Å²) in [5, 5.41) is 19.1. The summed E-state index contributed by atoms with van der Waals surface area (Å²) in [6.07, 6.45) is 26.7. The van der Waals surface area contributed by atoms with Gasteiger partial charge in [-0.05, 0) is 69.6 Å². The maximum atomic E-state index is 12.7. The van der Waals surface area contributed by atoms with Gasteiger partial charge in [-0.3, -0.25) is 10.6 Å². The minimum atomic E-state index is -1.34. The number of phenolic OH excluding ortho intramolecular Hbond substituents is 2. The number of unbranched alkanes of at least 4 members (excludes halogenated alkanes) is 1. The van der Waals surface area contributed by atoms with E-state index >= 15 is 0 Å². The van der Waals surface area contributed by atoms with Crippen LogP contribution in [0.3, 0.4) is 0 Å². The van der Waals surface area contributed by atoms with Gasteiger partial charge in [-0.2, -0.15) is 0 Å². The average Bonchev–Trinajstić information content (AvgIpc) is 2.92. The molecule has 1 unspecified atom stereocenters. The normalized spacial score (nSPS) is 14.5. The highest BCUT2D eigenvalue weighted by molar-refractivity contribution is 5.81. The quantitative estimate of drug-likeness (QED) is 0.0302. The van der Waals surface area contributed by atoms with Crippen LogP contribution in [0.4, 0.5) is 0 Å². The molecule has 1 aromatic carbocycles. The van der Waals surface area contributed by atoms with Gasteiger partial charge in [0, 0.05) is 19.8 Å². The topological polar surface area (TPSA) is 131 Å². The van der Waals surface area contributed by atoms with Crippen LogP contribution in [0.25, 0.3) is 0 Å². The second-order valence-electron chi connectivity index (χ2n) is 9.54. The van der Waals surface area contributed by atoms with Crippen molar-refractivity contribution in [1.29, 1.82) is 0 Å². The molecule has 1 aromatic rings. The van der Waals surface area contributed by atoms with E-state index in [0.717, 1.165) is 38.5 Å². The molecule has 0 heterocycles. The highest BCUT2D eigenvalue weighted by atomic mass is 16.7. The number of allylic oxidation sites excluding steroid dienone is 10. The van der Waals surface area contributed by atoms with Crippen LogP contribution in [0.15, 0.2) is 79.0 Å². The number of hydrogen-bond acceptors (Lipinski definition) is 8. The van der Waals surface area contributed by atoms with E-state index in [1.807, 2.05) is 6.08 Å². The number of ether oxygens (including phenoxy) is 2. The lowest BCUT2D eigenvalue weighted by molar-refractivity contribution is -0.189. The zero-order chi connectivity index (χ0) is 29.6. The van der Waals surface area contributed by atoms with Gasteiger partial charge < -0.3 is 19.7 Å². The predicted molar refractivity (Wildman–Crippen MR) is 159 cm³/mol. The van der Waals surface area contributed by atoms with E-state index in [9.17, 15) is 19.8 Å². The molecule has 0 aliphatic heterocycles. The van der Waals surface area contributed by atoms with Crippen LogP contribution >= 0.6 is 0 Å². The van der Waals surface area contributed by atoms with E-state index in [1.54, 1.807) is 6.07 Å². The van der Waals surface area contributed by atoms with Crippen molar-refractivity contribution in [3.05, 3.63) is 84.5 Å². The molecule has 0 fully saturated rings. The first-order valence-electron chi connectivity index (χ1n) is 13.9. The highest BCUT2D eigenvalue weighted by Gasteiger charge is 2.35. The number of nitrogens with one attached hydrogen (secondary N) is 1. The molecule has 0 spiro atoms. The highest BCUT2D eigenvalue weighted by Crippen LogP contribution is 2.27. The van der Waals surface area contributed by atoms with Gasteiger partial charge >= 0.3 is 11.9 Å². The Balaban J connectivity index is 2.24. The largest absolute Gasteiger partial charge is 0.504 e. The summed E-state index contributed by atoms with van der Waals surface area (Å²) in [4.78, 5) is 24.8. The van der Waals surface area contributed by atoms with Crippen LogP contribution in [0.2, 0.25) is 0 Å². The summed E-state index contributed by atoms with van der Waals surface area (Å²) in [6.45, 7) is 5.12. The van der Waals surface area contributed by atoms with E-state index in [1.165, 1.54) is 26.0 Å². The standard InChI is InChI=1S/C32H46N2O6/c1-4-5-6-7-8-9-10-11-12-13-14-15-16-17-18-19-20-21-30(37)39-26(2)40-31(38)32(3,34-33)25-27-22-23-28(35)29(36)24-27/h5-6,8-9,11-12,14-15,17-18,22-24,26,34-36H,4,7,10,13,16,19-21,25,33H2,1-3H3/b6-5-,9-8-,12-11-,15-14-,18-17-/t26?,32-/m0/s1. The summed E-state index contributed by atoms with van der Waals surface area (Å²) in [5.41, 5.74) is 1.63. The molecule has 0 aromatic heterocycles. The van der Waals surface area contributed by atoms with Crippen molar-refractivity contribution in [2.45, 2.75) is 90.4 Å². The van der Waals surface area contributed by atoms with Gasteiger partial charge in [-0.15, -0.1) is 0 Å². The second kappa shape index (κ2) is 20.3. The van der Waals surface area contributed by atoms with Crippen molar-refractivity contribution < 1.29 is 29.3 Å². The molecule has 0 amide bonds. The van der Waals surface area contributed by atoms with Crippen LogP contribution in [-0.2, 0) is 25.5 Å². The lowest BCUT2D eigenvalue weighted by atomic mass is 9.93. The number of carbonyl (C=O) groups is 2. The molecule has 0 bridgehead atoms. The van der Waals surface area contributed by atoms with Gasteiger partial charge in [0.15, 0.2) is 11.5 Å². The van der Waals surface area contributed by atoms with Crippen LogP contribution < -0.4 is 11.3 Å². The number of benzene rings is 1. The first-order valence-corrected chi connectivity index (χ1v) is 13.9. The number of rotatable bonds is 19. The molecule has 1 rings (SSSR count). The third kappa shape index (κ3) is 15.1. The van der Waals surface area contributed by atoms with Gasteiger partial charge in [-0.1, -0.05) is 73.8 Å². The molecule has 0 saturated heterocycles. The van der Waals surface area contributed by atoms with Crippen molar-refractivity contribution in [2.24, 2.45) is 5.84 Å². The minimum Gasteiger partial charge on any atom is -0.504 e. The molecule has 5 N–H and O–H groups in total. The maximum Gasteiger partial charge on any atom is 0.330 e. The van der Waals surface area contributed by atoms with Crippen molar-refractivity contribution in [3.63, 3.8) is 0 Å². The van der Waals surface area contributed by atoms with Crippen molar-refractivity contribution in [2.75, 3.05) is 0 Å². The molecular weight excluding hydrogens is 508 g/mol. The van der Waals surface area contributed by atoms with E-state index < -0.39 is 23.8 Å². The first-order chi connectivity index (χ1) is 19.2. The summed E-state index contributed by atoms with van der Waals surface area (Å²) in [7, 11) is 0. The SMILES string of the molecule is CC/C=C\C/C=C\C/C=C\C/C=C\C/C=C\CCCC(=O)OC(C)OC(=O)[C@](C)(Cc1ccc(O)c(O)c1)NN. The molecular formula is C32H46N2O6. The summed E-state index contributed by atoms with van der Waals surface area (Å²) >= 11 is 0. The Labute approximate surface area is 238 Å². The van der Waals surface area contributed by atoms with Crippen LogP contribution in [-0.4, -0.2) is 34.0 Å². The lowest BCUT2D eigenvalue weighted by Gasteiger charge is -2.28. The van der Waals surface area contributed by atoms with Gasteiger partial charge in [0.1, 0.15) is 5.54 Å². The van der Waals surface area contributed by atoms with Crippen LogP contribution in [0.5, 0.6) is 11.5 Å². The number of aromatic hydroxyl groups is 2. The zero-order valence-corrected chi connectivity index (χ0v) is 24.1. The Morgan fingerprint density at radius 1 is 0.900 bits per heavy atom. The molecule has 2 atom stereocenters. The molecule has 0 saturated carbocycles. The average molecular weight is 555 g/mol. The third-order valence-corrected chi connectivity index (χ3v) is 5.85. The Bertz CT molecular complexity index is 1040. The molecule has 8 heteroatoms. The first kappa shape index (κ1) is 34.4. The number of hydrazine groups is 1. The third-order valence-electron chi connectivity index (χ3n) is 5.85.